The third-order valence-electron chi connectivity index (χ3n) is 2.32. The van der Waals surface area contributed by atoms with Gasteiger partial charge in [-0.3, -0.25) is 0 Å². The molecular weight excluding hydrogens is 232 g/mol. The van der Waals surface area contributed by atoms with Crippen molar-refractivity contribution in [3.63, 3.8) is 0 Å². The fraction of sp³-hybridized carbons (Fsp3) is 0.333. The maximum atomic E-state index is 5.80. The third kappa shape index (κ3) is 3.38. The van der Waals surface area contributed by atoms with Crippen LogP contribution in [0.1, 0.15) is 12.7 Å². The molecule has 0 fully saturated rings. The van der Waals surface area contributed by atoms with Crippen LogP contribution in [0.15, 0.2) is 29.1 Å². The van der Waals surface area contributed by atoms with E-state index in [1.165, 1.54) is 6.39 Å². The van der Waals surface area contributed by atoms with Gasteiger partial charge in [0.05, 0.1) is 6.61 Å². The number of anilines is 2. The minimum Gasteiger partial charge on any atom is -0.494 e. The van der Waals surface area contributed by atoms with Gasteiger partial charge >= 0.3 is 0 Å². The monoisotopic (exact) mass is 248 g/mol. The van der Waals surface area contributed by atoms with E-state index in [0.717, 1.165) is 11.4 Å². The molecule has 1 heterocycles. The van der Waals surface area contributed by atoms with Crippen molar-refractivity contribution < 1.29 is 9.26 Å². The highest BCUT2D eigenvalue weighted by Crippen LogP contribution is 2.22. The summed E-state index contributed by atoms with van der Waals surface area (Å²) < 4.78 is 10.1. The minimum absolute atomic E-state index is 0.617. The molecule has 0 radical (unpaired) electrons. The summed E-state index contributed by atoms with van der Waals surface area (Å²) in [5.74, 6) is 1.44. The molecule has 3 N–H and O–H groups in total. The Morgan fingerprint density at radius 3 is 3.00 bits per heavy atom. The minimum atomic E-state index is 0.617. The lowest BCUT2D eigenvalue weighted by Crippen LogP contribution is -2.06. The van der Waals surface area contributed by atoms with Gasteiger partial charge in [-0.25, -0.2) is 0 Å². The number of nitrogens with one attached hydrogen (secondary N) is 1. The molecule has 6 heteroatoms. The summed E-state index contributed by atoms with van der Waals surface area (Å²) in [4.78, 5) is 3.94. The summed E-state index contributed by atoms with van der Waals surface area (Å²) in [5, 5.41) is 6.98. The largest absolute Gasteiger partial charge is 0.494 e. The number of hydrogen-bond acceptors (Lipinski definition) is 6. The van der Waals surface area contributed by atoms with Gasteiger partial charge in [0, 0.05) is 36.5 Å². The average Bonchev–Trinajstić information content (AvgIpc) is 2.82. The first-order valence-corrected chi connectivity index (χ1v) is 5.80. The molecule has 0 aliphatic carbocycles. The number of nitrogens with zero attached hydrogens (tertiary/aromatic N) is 2. The fourth-order valence-electron chi connectivity index (χ4n) is 1.60. The van der Waals surface area contributed by atoms with Crippen molar-refractivity contribution in [2.45, 2.75) is 13.3 Å². The lowest BCUT2D eigenvalue weighted by Gasteiger charge is -2.09. The molecule has 0 spiro atoms. The summed E-state index contributed by atoms with van der Waals surface area (Å²) >= 11 is 0. The van der Waals surface area contributed by atoms with Crippen LogP contribution in [-0.4, -0.2) is 23.3 Å². The van der Waals surface area contributed by atoms with E-state index >= 15 is 0 Å². The topological polar surface area (TPSA) is 86.2 Å². The number of benzene rings is 1. The summed E-state index contributed by atoms with van der Waals surface area (Å²) in [6.07, 6.45) is 2.01. The second-order valence-electron chi connectivity index (χ2n) is 3.75. The molecule has 1 aromatic heterocycles. The van der Waals surface area contributed by atoms with Crippen LogP contribution in [0.2, 0.25) is 0 Å². The SMILES string of the molecule is CCOc1cc(N)cc(NCCc2ncon2)c1. The molecular formula is C12H16N4O2. The Morgan fingerprint density at radius 1 is 1.39 bits per heavy atom. The van der Waals surface area contributed by atoms with Crippen molar-refractivity contribution in [3.05, 3.63) is 30.4 Å². The van der Waals surface area contributed by atoms with Crippen molar-refractivity contribution in [1.29, 1.82) is 0 Å². The Morgan fingerprint density at radius 2 is 2.28 bits per heavy atom. The molecule has 0 unspecified atom stereocenters. The van der Waals surface area contributed by atoms with Crippen LogP contribution in [0.3, 0.4) is 0 Å². The van der Waals surface area contributed by atoms with Crippen molar-refractivity contribution in [2.24, 2.45) is 0 Å². The van der Waals surface area contributed by atoms with Crippen LogP contribution >= 0.6 is 0 Å². The Labute approximate surface area is 105 Å². The van der Waals surface area contributed by atoms with E-state index in [2.05, 4.69) is 20.0 Å². The number of aromatic nitrogens is 2. The molecule has 0 amide bonds. The van der Waals surface area contributed by atoms with E-state index in [1.807, 2.05) is 19.1 Å². The van der Waals surface area contributed by atoms with Gasteiger partial charge in [0.1, 0.15) is 5.75 Å². The van der Waals surface area contributed by atoms with E-state index in [-0.39, 0.29) is 0 Å². The van der Waals surface area contributed by atoms with E-state index in [1.54, 1.807) is 6.07 Å². The van der Waals surface area contributed by atoms with Crippen LogP contribution in [-0.2, 0) is 6.42 Å². The molecule has 2 rings (SSSR count). The Hall–Kier alpha value is -2.24. The van der Waals surface area contributed by atoms with E-state index in [9.17, 15) is 0 Å². The molecule has 18 heavy (non-hydrogen) atoms. The van der Waals surface area contributed by atoms with Gasteiger partial charge in [-0.1, -0.05) is 5.16 Å². The maximum absolute atomic E-state index is 5.80. The Kier molecular flexibility index (Phi) is 4.01. The molecule has 96 valence electrons. The molecule has 2 aromatic rings. The number of nitrogen functional groups attached to an aromatic ring is 1. The van der Waals surface area contributed by atoms with Gasteiger partial charge < -0.3 is 20.3 Å². The highest BCUT2D eigenvalue weighted by Gasteiger charge is 2.01. The Bertz CT molecular complexity index is 485. The first-order chi connectivity index (χ1) is 8.78. The van der Waals surface area contributed by atoms with Gasteiger partial charge in [-0.15, -0.1) is 0 Å². The van der Waals surface area contributed by atoms with Crippen molar-refractivity contribution in [1.82, 2.24) is 10.1 Å². The van der Waals surface area contributed by atoms with Gasteiger partial charge in [0.2, 0.25) is 6.39 Å². The molecule has 0 aliphatic heterocycles. The fourth-order valence-corrected chi connectivity index (χ4v) is 1.60. The second kappa shape index (κ2) is 5.90. The van der Waals surface area contributed by atoms with Gasteiger partial charge in [0.15, 0.2) is 5.82 Å². The molecule has 0 aliphatic rings. The molecule has 1 aromatic carbocycles. The van der Waals surface area contributed by atoms with Gasteiger partial charge in [-0.05, 0) is 13.0 Å². The normalized spacial score (nSPS) is 10.3. The molecule has 0 saturated carbocycles. The van der Waals surface area contributed by atoms with E-state index < -0.39 is 0 Å². The van der Waals surface area contributed by atoms with Crippen molar-refractivity contribution in [2.75, 3.05) is 24.2 Å². The summed E-state index contributed by atoms with van der Waals surface area (Å²) in [7, 11) is 0. The Balaban J connectivity index is 1.92. The van der Waals surface area contributed by atoms with Crippen LogP contribution in [0, 0.1) is 0 Å². The summed E-state index contributed by atoms with van der Waals surface area (Å²) in [6, 6.07) is 5.57. The predicted molar refractivity (Wildman–Crippen MR) is 68.5 cm³/mol. The smallest absolute Gasteiger partial charge is 0.213 e. The molecule has 0 saturated heterocycles. The standard InChI is InChI=1S/C12H16N4O2/c1-2-17-11-6-9(13)5-10(7-11)14-4-3-12-15-8-18-16-12/h5-8,14H,2-4,13H2,1H3. The van der Waals surface area contributed by atoms with Crippen molar-refractivity contribution in [3.8, 4) is 5.75 Å². The molecule has 0 atom stereocenters. The lowest BCUT2D eigenvalue weighted by atomic mass is 10.2. The van der Waals surface area contributed by atoms with Gasteiger partial charge in [-0.2, -0.15) is 4.98 Å². The quantitative estimate of drug-likeness (QED) is 0.757. The summed E-state index contributed by atoms with van der Waals surface area (Å²) in [6.45, 7) is 3.26. The third-order valence-corrected chi connectivity index (χ3v) is 2.32. The van der Waals surface area contributed by atoms with Crippen LogP contribution in [0.5, 0.6) is 5.75 Å². The zero-order valence-corrected chi connectivity index (χ0v) is 10.2. The predicted octanol–water partition coefficient (Wildman–Crippen LogP) is 1.71. The maximum Gasteiger partial charge on any atom is 0.213 e. The number of hydrogen-bond donors (Lipinski definition) is 2. The lowest BCUT2D eigenvalue weighted by molar-refractivity contribution is 0.340. The van der Waals surface area contributed by atoms with Crippen LogP contribution in [0.4, 0.5) is 11.4 Å². The molecule has 0 bridgehead atoms. The zero-order chi connectivity index (χ0) is 12.8. The van der Waals surface area contributed by atoms with Crippen molar-refractivity contribution >= 4 is 11.4 Å². The van der Waals surface area contributed by atoms with Gasteiger partial charge in [0.25, 0.3) is 0 Å². The number of nitrogens with two attached hydrogens (primary N) is 1. The highest BCUT2D eigenvalue weighted by atomic mass is 16.5. The highest BCUT2D eigenvalue weighted by molar-refractivity contribution is 5.59. The van der Waals surface area contributed by atoms with E-state index in [0.29, 0.717) is 31.1 Å². The zero-order valence-electron chi connectivity index (χ0n) is 10.2. The molecule has 6 nitrogen and oxygen atoms in total. The summed E-state index contributed by atoms with van der Waals surface area (Å²) in [5.41, 5.74) is 7.38. The van der Waals surface area contributed by atoms with Crippen LogP contribution < -0.4 is 15.8 Å². The number of rotatable bonds is 6. The first-order valence-electron chi connectivity index (χ1n) is 5.80. The first kappa shape index (κ1) is 12.2. The van der Waals surface area contributed by atoms with E-state index in [4.69, 9.17) is 10.5 Å². The number of ether oxygens (including phenoxy) is 1. The van der Waals surface area contributed by atoms with Crippen LogP contribution in [0.25, 0.3) is 0 Å². The average molecular weight is 248 g/mol. The second-order valence-corrected chi connectivity index (χ2v) is 3.75.